The summed E-state index contributed by atoms with van der Waals surface area (Å²) in [5.74, 6) is 0.651. The Kier molecular flexibility index (Phi) is 4.18. The van der Waals surface area contributed by atoms with E-state index < -0.39 is 6.10 Å². The Morgan fingerprint density at radius 2 is 2.26 bits per heavy atom. The molecule has 2 heterocycles. The Bertz CT molecular complexity index is 514. The van der Waals surface area contributed by atoms with E-state index in [9.17, 15) is 5.11 Å². The molecule has 102 valence electrons. The minimum Gasteiger partial charge on any atom is -0.391 e. The average Bonchev–Trinajstić information content (AvgIpc) is 2.90. The summed E-state index contributed by atoms with van der Waals surface area (Å²) in [5, 5.41) is 16.5. The third-order valence-electron chi connectivity index (χ3n) is 2.38. The summed E-state index contributed by atoms with van der Waals surface area (Å²) < 4.78 is 1.38. The van der Waals surface area contributed by atoms with Crippen LogP contribution in [0.25, 0.3) is 5.95 Å². The number of nitrogens with one attached hydrogen (secondary N) is 1. The lowest BCUT2D eigenvalue weighted by atomic mass is 10.2. The van der Waals surface area contributed by atoms with Gasteiger partial charge in [-0.2, -0.15) is 24.7 Å². The van der Waals surface area contributed by atoms with Gasteiger partial charge in [0.15, 0.2) is 0 Å². The van der Waals surface area contributed by atoms with Crippen LogP contribution in [-0.4, -0.2) is 47.5 Å². The molecule has 0 amide bonds. The highest BCUT2D eigenvalue weighted by Gasteiger charge is 2.08. The second-order valence-corrected chi connectivity index (χ2v) is 3.98. The maximum absolute atomic E-state index is 9.64. The zero-order chi connectivity index (χ0) is 13.7. The zero-order valence-electron chi connectivity index (χ0n) is 10.6. The van der Waals surface area contributed by atoms with Crippen molar-refractivity contribution in [3.05, 3.63) is 12.7 Å². The molecule has 0 fully saturated rings. The van der Waals surface area contributed by atoms with Gasteiger partial charge in [-0.05, 0) is 6.42 Å². The van der Waals surface area contributed by atoms with Gasteiger partial charge in [-0.3, -0.25) is 0 Å². The molecule has 2 aromatic heterocycles. The second-order valence-electron chi connectivity index (χ2n) is 3.98. The molecule has 9 heteroatoms. The number of nitrogen functional groups attached to an aromatic ring is 1. The zero-order valence-corrected chi connectivity index (χ0v) is 10.6. The largest absolute Gasteiger partial charge is 0.391 e. The van der Waals surface area contributed by atoms with E-state index in [0.29, 0.717) is 18.9 Å². The van der Waals surface area contributed by atoms with Crippen LogP contribution in [0.2, 0.25) is 0 Å². The van der Waals surface area contributed by atoms with E-state index in [0.717, 1.165) is 6.42 Å². The summed E-state index contributed by atoms with van der Waals surface area (Å²) in [4.78, 5) is 15.9. The normalized spacial score (nSPS) is 12.3. The van der Waals surface area contributed by atoms with Crippen molar-refractivity contribution in [2.24, 2.45) is 0 Å². The molecule has 2 aromatic rings. The number of nitrogens with zero attached hydrogens (tertiary/aromatic N) is 6. The number of hydrogen-bond acceptors (Lipinski definition) is 8. The first-order valence-corrected chi connectivity index (χ1v) is 5.97. The first kappa shape index (κ1) is 13.1. The average molecular weight is 264 g/mol. The highest BCUT2D eigenvalue weighted by atomic mass is 16.3. The van der Waals surface area contributed by atoms with Crippen LogP contribution in [-0.2, 0) is 0 Å². The third-order valence-corrected chi connectivity index (χ3v) is 2.38. The van der Waals surface area contributed by atoms with Gasteiger partial charge in [0, 0.05) is 6.54 Å². The van der Waals surface area contributed by atoms with Crippen molar-refractivity contribution in [2.45, 2.75) is 25.9 Å². The van der Waals surface area contributed by atoms with Crippen LogP contribution in [0.5, 0.6) is 0 Å². The molecule has 9 nitrogen and oxygen atoms in total. The monoisotopic (exact) mass is 264 g/mol. The van der Waals surface area contributed by atoms with Gasteiger partial charge >= 0.3 is 0 Å². The summed E-state index contributed by atoms with van der Waals surface area (Å²) in [6, 6.07) is 0. The van der Waals surface area contributed by atoms with Gasteiger partial charge < -0.3 is 16.2 Å². The Labute approximate surface area is 109 Å². The van der Waals surface area contributed by atoms with Crippen molar-refractivity contribution in [2.75, 3.05) is 17.6 Å². The third kappa shape index (κ3) is 3.58. The van der Waals surface area contributed by atoms with E-state index >= 15 is 0 Å². The smallest absolute Gasteiger partial charge is 0.258 e. The summed E-state index contributed by atoms with van der Waals surface area (Å²) in [6.45, 7) is 2.36. The molecule has 1 atom stereocenters. The van der Waals surface area contributed by atoms with Gasteiger partial charge in [0.05, 0.1) is 6.10 Å². The molecule has 0 aliphatic rings. The van der Waals surface area contributed by atoms with Gasteiger partial charge in [0.25, 0.3) is 5.95 Å². The predicted molar refractivity (Wildman–Crippen MR) is 68.6 cm³/mol. The van der Waals surface area contributed by atoms with E-state index in [1.54, 1.807) is 0 Å². The topological polar surface area (TPSA) is 128 Å². The van der Waals surface area contributed by atoms with E-state index in [1.165, 1.54) is 17.3 Å². The van der Waals surface area contributed by atoms with E-state index in [-0.39, 0.29) is 11.9 Å². The molecule has 0 saturated carbocycles. The lowest BCUT2D eigenvalue weighted by molar-refractivity contribution is 0.176. The molecule has 0 saturated heterocycles. The van der Waals surface area contributed by atoms with Gasteiger partial charge in [-0.1, -0.05) is 13.3 Å². The van der Waals surface area contributed by atoms with Crippen molar-refractivity contribution in [1.29, 1.82) is 0 Å². The first-order chi connectivity index (χ1) is 9.19. The van der Waals surface area contributed by atoms with Crippen LogP contribution in [0, 0.1) is 0 Å². The Balaban J connectivity index is 2.09. The molecule has 0 radical (unpaired) electrons. The molecule has 2 rings (SSSR count). The molecule has 4 N–H and O–H groups in total. The molecule has 0 bridgehead atoms. The SMILES string of the molecule is CCCC(O)CNc1nc(N)nc(-n2cncn2)n1. The summed E-state index contributed by atoms with van der Waals surface area (Å²) in [6.07, 6.45) is 4.01. The van der Waals surface area contributed by atoms with Crippen molar-refractivity contribution in [1.82, 2.24) is 29.7 Å². The predicted octanol–water partition coefficient (Wildman–Crippen LogP) is -0.393. The van der Waals surface area contributed by atoms with Crippen LogP contribution >= 0.6 is 0 Å². The fraction of sp³-hybridized carbons (Fsp3) is 0.500. The number of aliphatic hydroxyl groups excluding tert-OH is 1. The second kappa shape index (κ2) is 6.05. The summed E-state index contributed by atoms with van der Waals surface area (Å²) in [7, 11) is 0. The van der Waals surface area contributed by atoms with Crippen molar-refractivity contribution >= 4 is 11.9 Å². The lowest BCUT2D eigenvalue weighted by Crippen LogP contribution is -2.21. The first-order valence-electron chi connectivity index (χ1n) is 5.97. The minimum absolute atomic E-state index is 0.0768. The van der Waals surface area contributed by atoms with Gasteiger partial charge in [-0.25, -0.2) is 4.98 Å². The molecule has 1 unspecified atom stereocenters. The molecule has 19 heavy (non-hydrogen) atoms. The Hall–Kier alpha value is -2.29. The molecule has 0 aliphatic heterocycles. The standard InChI is InChI=1S/C10H16N8O/c1-2-3-7(19)4-13-9-15-8(11)16-10(17-9)18-6-12-5-14-18/h5-7,19H,2-4H2,1H3,(H3,11,13,15,16,17). The highest BCUT2D eigenvalue weighted by molar-refractivity contribution is 5.34. The van der Waals surface area contributed by atoms with Crippen molar-refractivity contribution in [3.8, 4) is 5.95 Å². The van der Waals surface area contributed by atoms with Gasteiger partial charge in [-0.15, -0.1) is 0 Å². The van der Waals surface area contributed by atoms with E-state index in [2.05, 4.69) is 30.4 Å². The summed E-state index contributed by atoms with van der Waals surface area (Å²) in [5.41, 5.74) is 5.60. The number of rotatable bonds is 6. The summed E-state index contributed by atoms with van der Waals surface area (Å²) >= 11 is 0. The molecule has 0 spiro atoms. The van der Waals surface area contributed by atoms with Gasteiger partial charge in [0.1, 0.15) is 12.7 Å². The van der Waals surface area contributed by atoms with Crippen molar-refractivity contribution in [3.63, 3.8) is 0 Å². The molecular formula is C10H16N8O. The van der Waals surface area contributed by atoms with E-state index in [1.807, 2.05) is 6.92 Å². The Morgan fingerprint density at radius 3 is 2.95 bits per heavy atom. The fourth-order valence-electron chi connectivity index (χ4n) is 1.52. The van der Waals surface area contributed by atoms with E-state index in [4.69, 9.17) is 5.73 Å². The number of hydrogen-bond donors (Lipinski definition) is 3. The van der Waals surface area contributed by atoms with Crippen molar-refractivity contribution < 1.29 is 5.11 Å². The van der Waals surface area contributed by atoms with Gasteiger partial charge in [0.2, 0.25) is 11.9 Å². The highest BCUT2D eigenvalue weighted by Crippen LogP contribution is 2.06. The van der Waals surface area contributed by atoms with Crippen LogP contribution < -0.4 is 11.1 Å². The Morgan fingerprint density at radius 1 is 1.42 bits per heavy atom. The maximum atomic E-state index is 9.64. The number of aliphatic hydroxyl groups is 1. The number of nitrogens with two attached hydrogens (primary N) is 1. The number of anilines is 2. The quantitative estimate of drug-likeness (QED) is 0.643. The molecule has 0 aliphatic carbocycles. The minimum atomic E-state index is -0.446. The van der Waals surface area contributed by atoms with Crippen LogP contribution in [0.3, 0.4) is 0 Å². The molecule has 0 aromatic carbocycles. The maximum Gasteiger partial charge on any atom is 0.258 e. The van der Waals surface area contributed by atoms with Crippen LogP contribution in [0.1, 0.15) is 19.8 Å². The number of aromatic nitrogens is 6. The fourth-order valence-corrected chi connectivity index (χ4v) is 1.52. The van der Waals surface area contributed by atoms with Crippen LogP contribution in [0.15, 0.2) is 12.7 Å². The molecular weight excluding hydrogens is 248 g/mol. The van der Waals surface area contributed by atoms with Crippen LogP contribution in [0.4, 0.5) is 11.9 Å². The lowest BCUT2D eigenvalue weighted by Gasteiger charge is -2.11.